The SMILES string of the molecule is CCN1CCN(Cc2ccc(NC(=O)c3ccc(-c4c(F)c(OC)cc(OC)c4Cl)c4nccnc34)nc2)CC1. The molecule has 2 aromatic heterocycles. The molecular formula is C29H30ClFN6O3. The molecule has 2 aromatic carbocycles. The van der Waals surface area contributed by atoms with Gasteiger partial charge >= 0.3 is 0 Å². The maximum atomic E-state index is 15.4. The van der Waals surface area contributed by atoms with Crippen LogP contribution < -0.4 is 14.8 Å². The molecule has 0 bridgehead atoms. The molecule has 1 aliphatic rings. The van der Waals surface area contributed by atoms with E-state index in [9.17, 15) is 4.79 Å². The third-order valence-electron chi connectivity index (χ3n) is 7.10. The number of nitrogens with zero attached hydrogens (tertiary/aromatic N) is 5. The molecule has 208 valence electrons. The molecule has 1 amide bonds. The fourth-order valence-corrected chi connectivity index (χ4v) is 5.18. The van der Waals surface area contributed by atoms with E-state index in [1.807, 2.05) is 6.07 Å². The number of halogens is 2. The number of hydrogen-bond acceptors (Lipinski definition) is 8. The zero-order valence-electron chi connectivity index (χ0n) is 22.6. The molecule has 1 N–H and O–H groups in total. The number of anilines is 1. The second-order valence-corrected chi connectivity index (χ2v) is 9.79. The second kappa shape index (κ2) is 12.1. The molecule has 9 nitrogen and oxygen atoms in total. The van der Waals surface area contributed by atoms with Crippen molar-refractivity contribution >= 4 is 34.4 Å². The Morgan fingerprint density at radius 3 is 2.33 bits per heavy atom. The van der Waals surface area contributed by atoms with Crippen LogP contribution in [-0.4, -0.2) is 77.6 Å². The summed E-state index contributed by atoms with van der Waals surface area (Å²) in [6.45, 7) is 8.25. The Bertz CT molecular complexity index is 1500. The number of carbonyl (C=O) groups excluding carboxylic acids is 1. The third kappa shape index (κ3) is 5.56. The number of ether oxygens (including phenoxy) is 2. The summed E-state index contributed by atoms with van der Waals surface area (Å²) >= 11 is 6.51. The Hall–Kier alpha value is -3.86. The normalized spacial score (nSPS) is 14.3. The topological polar surface area (TPSA) is 92.7 Å². The molecule has 0 saturated carbocycles. The van der Waals surface area contributed by atoms with Crippen LogP contribution in [0.5, 0.6) is 11.5 Å². The number of rotatable bonds is 8. The van der Waals surface area contributed by atoms with Crippen LogP contribution >= 0.6 is 11.6 Å². The van der Waals surface area contributed by atoms with Gasteiger partial charge in [0.1, 0.15) is 17.1 Å². The van der Waals surface area contributed by atoms with Gasteiger partial charge in [-0.25, -0.2) is 9.37 Å². The summed E-state index contributed by atoms with van der Waals surface area (Å²) in [5.41, 5.74) is 2.33. The fourth-order valence-electron chi connectivity index (χ4n) is 4.86. The van der Waals surface area contributed by atoms with E-state index in [0.29, 0.717) is 16.9 Å². The van der Waals surface area contributed by atoms with Gasteiger partial charge in [-0.3, -0.25) is 19.7 Å². The van der Waals surface area contributed by atoms with E-state index in [2.05, 4.69) is 37.0 Å². The highest BCUT2D eigenvalue weighted by Gasteiger charge is 2.24. The van der Waals surface area contributed by atoms with Crippen LogP contribution in [0.3, 0.4) is 0 Å². The number of benzene rings is 2. The van der Waals surface area contributed by atoms with Crippen molar-refractivity contribution in [3.63, 3.8) is 0 Å². The first-order valence-corrected chi connectivity index (χ1v) is 13.4. The van der Waals surface area contributed by atoms with Gasteiger partial charge in [0.25, 0.3) is 5.91 Å². The molecular weight excluding hydrogens is 535 g/mol. The van der Waals surface area contributed by atoms with E-state index < -0.39 is 11.7 Å². The van der Waals surface area contributed by atoms with Crippen LogP contribution in [0.25, 0.3) is 22.2 Å². The largest absolute Gasteiger partial charge is 0.495 e. The van der Waals surface area contributed by atoms with Gasteiger partial charge in [-0.1, -0.05) is 30.7 Å². The van der Waals surface area contributed by atoms with Crippen molar-refractivity contribution in [2.45, 2.75) is 13.5 Å². The number of aromatic nitrogens is 3. The van der Waals surface area contributed by atoms with Crippen LogP contribution in [0.1, 0.15) is 22.8 Å². The van der Waals surface area contributed by atoms with Crippen LogP contribution in [0.2, 0.25) is 5.02 Å². The first kappa shape index (κ1) is 27.7. The highest BCUT2D eigenvalue weighted by atomic mass is 35.5. The summed E-state index contributed by atoms with van der Waals surface area (Å²) in [7, 11) is 2.79. The molecule has 0 spiro atoms. The predicted octanol–water partition coefficient (Wildman–Crippen LogP) is 4.89. The van der Waals surface area contributed by atoms with Crippen molar-refractivity contribution in [2.24, 2.45) is 0 Å². The van der Waals surface area contributed by atoms with Crippen molar-refractivity contribution in [3.8, 4) is 22.6 Å². The Labute approximate surface area is 236 Å². The van der Waals surface area contributed by atoms with Crippen LogP contribution in [0, 0.1) is 5.82 Å². The van der Waals surface area contributed by atoms with Gasteiger partial charge in [-0.2, -0.15) is 0 Å². The van der Waals surface area contributed by atoms with Crippen LogP contribution in [0.4, 0.5) is 10.2 Å². The summed E-state index contributed by atoms with van der Waals surface area (Å²) in [6.07, 6.45) is 4.73. The molecule has 3 heterocycles. The highest BCUT2D eigenvalue weighted by Crippen LogP contribution is 2.44. The van der Waals surface area contributed by atoms with Crippen molar-refractivity contribution < 1.29 is 18.7 Å². The van der Waals surface area contributed by atoms with Gasteiger partial charge in [0.05, 0.1) is 30.3 Å². The zero-order valence-corrected chi connectivity index (χ0v) is 23.3. The zero-order chi connectivity index (χ0) is 28.2. The smallest absolute Gasteiger partial charge is 0.259 e. The number of methoxy groups -OCH3 is 2. The molecule has 11 heteroatoms. The number of carbonyl (C=O) groups is 1. The van der Waals surface area contributed by atoms with Gasteiger partial charge in [-0.05, 0) is 24.2 Å². The van der Waals surface area contributed by atoms with Gasteiger partial charge in [0, 0.05) is 68.5 Å². The van der Waals surface area contributed by atoms with E-state index in [1.54, 1.807) is 24.4 Å². The average Bonchev–Trinajstić information content (AvgIpc) is 2.98. The lowest BCUT2D eigenvalue weighted by molar-refractivity contribution is 0.102. The molecule has 0 unspecified atom stereocenters. The summed E-state index contributed by atoms with van der Waals surface area (Å²) in [5.74, 6) is -0.464. The Balaban J connectivity index is 1.39. The maximum Gasteiger partial charge on any atom is 0.259 e. The Morgan fingerprint density at radius 2 is 1.68 bits per heavy atom. The maximum absolute atomic E-state index is 15.4. The number of likely N-dealkylation sites (N-methyl/N-ethyl adjacent to an activating group) is 1. The van der Waals surface area contributed by atoms with E-state index in [0.717, 1.165) is 44.8 Å². The minimum atomic E-state index is -0.672. The standard InChI is InChI=1S/C29H30ClFN6O3/c1-4-36-11-13-37(14-12-36)17-18-5-8-23(34-16-18)35-29(38)20-7-6-19(27-28(20)33-10-9-32-27)24-25(30)21(39-2)15-22(40-3)26(24)31/h5-10,15-16H,4,11-14,17H2,1-3H3,(H,34,35,38). The van der Waals surface area contributed by atoms with Crippen LogP contribution in [-0.2, 0) is 6.54 Å². The number of amides is 1. The Morgan fingerprint density at radius 1 is 0.975 bits per heavy atom. The quantitative estimate of drug-likeness (QED) is 0.323. The number of piperazine rings is 1. The lowest BCUT2D eigenvalue weighted by atomic mass is 9.99. The molecule has 4 aromatic rings. The number of pyridine rings is 1. The van der Waals surface area contributed by atoms with Gasteiger partial charge in [0.2, 0.25) is 0 Å². The molecule has 0 aliphatic carbocycles. The number of nitrogens with one attached hydrogen (secondary N) is 1. The third-order valence-corrected chi connectivity index (χ3v) is 7.47. The average molecular weight is 565 g/mol. The first-order chi connectivity index (χ1) is 19.4. The number of fused-ring (bicyclic) bond motifs is 1. The summed E-state index contributed by atoms with van der Waals surface area (Å²) < 4.78 is 25.9. The molecule has 1 aliphatic heterocycles. The second-order valence-electron chi connectivity index (χ2n) is 9.41. The fraction of sp³-hybridized carbons (Fsp3) is 0.310. The number of hydrogen-bond donors (Lipinski definition) is 1. The molecule has 0 radical (unpaired) electrons. The Kier molecular flexibility index (Phi) is 8.39. The van der Waals surface area contributed by atoms with Crippen LogP contribution in [0.15, 0.2) is 48.9 Å². The van der Waals surface area contributed by atoms with Gasteiger partial charge in [-0.15, -0.1) is 0 Å². The lowest BCUT2D eigenvalue weighted by Crippen LogP contribution is -2.45. The van der Waals surface area contributed by atoms with Crippen molar-refractivity contribution in [1.82, 2.24) is 24.8 Å². The van der Waals surface area contributed by atoms with Gasteiger partial charge < -0.3 is 19.7 Å². The minimum Gasteiger partial charge on any atom is -0.495 e. The van der Waals surface area contributed by atoms with E-state index in [1.165, 1.54) is 32.7 Å². The predicted molar refractivity (Wildman–Crippen MR) is 153 cm³/mol. The molecule has 0 atom stereocenters. The monoisotopic (exact) mass is 564 g/mol. The highest BCUT2D eigenvalue weighted by molar-refractivity contribution is 6.35. The van der Waals surface area contributed by atoms with E-state index >= 15 is 4.39 Å². The minimum absolute atomic E-state index is 0.0344. The summed E-state index contributed by atoms with van der Waals surface area (Å²) in [4.78, 5) is 31.4. The molecule has 1 fully saturated rings. The van der Waals surface area contributed by atoms with Crippen molar-refractivity contribution in [1.29, 1.82) is 0 Å². The molecule has 1 saturated heterocycles. The molecule has 40 heavy (non-hydrogen) atoms. The summed E-state index contributed by atoms with van der Waals surface area (Å²) in [5, 5.41) is 2.89. The van der Waals surface area contributed by atoms with Crippen molar-refractivity contribution in [3.05, 3.63) is 70.9 Å². The van der Waals surface area contributed by atoms with E-state index in [-0.39, 0.29) is 33.2 Å². The van der Waals surface area contributed by atoms with E-state index in [4.69, 9.17) is 21.1 Å². The summed E-state index contributed by atoms with van der Waals surface area (Å²) in [6, 6.07) is 8.28. The van der Waals surface area contributed by atoms with Crippen molar-refractivity contribution in [2.75, 3.05) is 52.3 Å². The lowest BCUT2D eigenvalue weighted by Gasteiger charge is -2.33. The first-order valence-electron chi connectivity index (χ1n) is 13.0. The molecule has 5 rings (SSSR count). The van der Waals surface area contributed by atoms with Gasteiger partial charge in [0.15, 0.2) is 11.6 Å².